The topological polar surface area (TPSA) is 21.9 Å². The lowest BCUT2D eigenvalue weighted by atomic mass is 9.93. The van der Waals surface area contributed by atoms with Crippen LogP contribution in [0.1, 0.15) is 19.3 Å². The Labute approximate surface area is 168 Å². The third-order valence-electron chi connectivity index (χ3n) is 5.07. The van der Waals surface area contributed by atoms with Crippen LogP contribution in [0, 0.1) is 10.6 Å². The second kappa shape index (κ2) is 7.97. The normalized spacial score (nSPS) is 14.3. The lowest BCUT2D eigenvalue weighted by molar-refractivity contribution is 0.334. The maximum absolute atomic E-state index is 13.4. The second-order valence-electron chi connectivity index (χ2n) is 6.89. The molecule has 0 saturated heterocycles. The van der Waals surface area contributed by atoms with Gasteiger partial charge in [0, 0.05) is 41.6 Å². The molecule has 1 fully saturated rings. The van der Waals surface area contributed by atoms with E-state index in [1.807, 2.05) is 35.0 Å². The van der Waals surface area contributed by atoms with Crippen molar-refractivity contribution >= 4 is 23.8 Å². The zero-order valence-corrected chi connectivity index (χ0v) is 16.4. The fourth-order valence-corrected chi connectivity index (χ4v) is 3.79. The van der Waals surface area contributed by atoms with Gasteiger partial charge in [-0.3, -0.25) is 4.57 Å². The number of nitrogens with one attached hydrogen (secondary N) is 1. The summed E-state index contributed by atoms with van der Waals surface area (Å²) in [7, 11) is 0. The molecule has 1 aliphatic carbocycles. The molecule has 0 bridgehead atoms. The fraction of sp³-hybridized carbons (Fsp3) is 0.286. The Morgan fingerprint density at radius 2 is 1.78 bits per heavy atom. The minimum Gasteiger partial charge on any atom is -0.322 e. The van der Waals surface area contributed by atoms with Crippen molar-refractivity contribution in [3.8, 4) is 16.9 Å². The molecule has 1 N–H and O–H groups in total. The summed E-state index contributed by atoms with van der Waals surface area (Å²) in [5, 5.41) is 4.25. The predicted octanol–water partition coefficient (Wildman–Crippen LogP) is 5.61. The smallest absolute Gasteiger partial charge is 0.185 e. The Morgan fingerprint density at radius 1 is 1.07 bits per heavy atom. The first-order chi connectivity index (χ1) is 13.1. The summed E-state index contributed by atoms with van der Waals surface area (Å²) in [6, 6.07) is 14.7. The molecule has 3 aromatic rings. The van der Waals surface area contributed by atoms with Crippen molar-refractivity contribution in [3.63, 3.8) is 0 Å². The summed E-state index contributed by atoms with van der Waals surface area (Å²) in [5.41, 5.74) is 2.79. The van der Waals surface area contributed by atoms with Gasteiger partial charge < -0.3 is 9.88 Å². The lowest BCUT2D eigenvalue weighted by Crippen LogP contribution is -2.36. The lowest BCUT2D eigenvalue weighted by Gasteiger charge is -2.26. The van der Waals surface area contributed by atoms with Gasteiger partial charge in [0.05, 0.1) is 5.69 Å². The summed E-state index contributed by atoms with van der Waals surface area (Å²) in [6.07, 6.45) is 5.89. The van der Waals surface area contributed by atoms with E-state index in [-0.39, 0.29) is 5.82 Å². The van der Waals surface area contributed by atoms with Gasteiger partial charge in [-0.1, -0.05) is 18.0 Å². The highest BCUT2D eigenvalue weighted by atomic mass is 35.5. The van der Waals surface area contributed by atoms with Crippen LogP contribution >= 0.6 is 23.8 Å². The van der Waals surface area contributed by atoms with Gasteiger partial charge in [0.2, 0.25) is 0 Å². The van der Waals surface area contributed by atoms with Gasteiger partial charge in [-0.05, 0) is 73.6 Å². The molecule has 6 heteroatoms. The van der Waals surface area contributed by atoms with E-state index in [0.29, 0.717) is 15.8 Å². The van der Waals surface area contributed by atoms with Crippen LogP contribution in [-0.2, 0) is 6.54 Å². The molecular formula is C21H21ClFN3S. The number of benzene rings is 2. The first kappa shape index (κ1) is 18.4. The number of hydrogen-bond acceptors (Lipinski definition) is 2. The molecule has 27 heavy (non-hydrogen) atoms. The molecule has 140 valence electrons. The van der Waals surface area contributed by atoms with Crippen LogP contribution in [0.3, 0.4) is 0 Å². The number of halogens is 2. The number of rotatable bonds is 6. The zero-order chi connectivity index (χ0) is 18.8. The van der Waals surface area contributed by atoms with Crippen molar-refractivity contribution < 1.29 is 4.39 Å². The molecule has 1 aromatic heterocycles. The van der Waals surface area contributed by atoms with Gasteiger partial charge in [0.15, 0.2) is 4.77 Å². The quantitative estimate of drug-likeness (QED) is 0.542. The number of nitrogens with zero attached hydrogens (tertiary/aromatic N) is 2. The summed E-state index contributed by atoms with van der Waals surface area (Å²) >= 11 is 11.8. The number of imidazole rings is 1. The minimum atomic E-state index is -0.250. The second-order valence-corrected chi connectivity index (χ2v) is 7.69. The summed E-state index contributed by atoms with van der Waals surface area (Å²) < 4.78 is 18.2. The molecule has 1 aliphatic rings. The van der Waals surface area contributed by atoms with Gasteiger partial charge >= 0.3 is 0 Å². The van der Waals surface area contributed by atoms with Crippen LogP contribution in [0.2, 0.25) is 5.02 Å². The summed E-state index contributed by atoms with van der Waals surface area (Å²) in [5.74, 6) is -0.250. The molecule has 2 aromatic carbocycles. The van der Waals surface area contributed by atoms with Crippen molar-refractivity contribution in [2.24, 2.45) is 0 Å². The van der Waals surface area contributed by atoms with E-state index in [1.54, 1.807) is 12.1 Å². The highest BCUT2D eigenvalue weighted by molar-refractivity contribution is 7.71. The molecule has 1 saturated carbocycles. The van der Waals surface area contributed by atoms with Crippen LogP contribution in [0.25, 0.3) is 16.9 Å². The minimum absolute atomic E-state index is 0.250. The van der Waals surface area contributed by atoms with Crippen molar-refractivity contribution in [1.29, 1.82) is 0 Å². The molecule has 0 radical (unpaired) electrons. The average molecular weight is 402 g/mol. The van der Waals surface area contributed by atoms with Gasteiger partial charge in [0.1, 0.15) is 5.82 Å². The van der Waals surface area contributed by atoms with Crippen LogP contribution < -0.4 is 5.32 Å². The maximum atomic E-state index is 13.4. The molecule has 0 aliphatic heterocycles. The molecule has 4 rings (SSSR count). The van der Waals surface area contributed by atoms with E-state index in [2.05, 4.69) is 9.88 Å². The molecule has 0 amide bonds. The van der Waals surface area contributed by atoms with Crippen molar-refractivity contribution in [1.82, 2.24) is 14.5 Å². The standard InChI is InChI=1S/C21H21ClFN3S/c22-16-6-10-19(11-7-16)26-20(15-4-8-17(23)9-5-15)14-25(21(26)27)13-12-24-18-2-1-3-18/h4-11,14,18,24H,1-3,12-13H2. The first-order valence-electron chi connectivity index (χ1n) is 9.19. The monoisotopic (exact) mass is 401 g/mol. The van der Waals surface area contributed by atoms with Crippen LogP contribution in [0.5, 0.6) is 0 Å². The van der Waals surface area contributed by atoms with Gasteiger partial charge in [-0.2, -0.15) is 0 Å². The van der Waals surface area contributed by atoms with Gasteiger partial charge in [-0.15, -0.1) is 0 Å². The maximum Gasteiger partial charge on any atom is 0.185 e. The third-order valence-corrected chi connectivity index (χ3v) is 5.74. The zero-order valence-electron chi connectivity index (χ0n) is 14.9. The average Bonchev–Trinajstić information content (AvgIpc) is 2.95. The Balaban J connectivity index is 1.70. The van der Waals surface area contributed by atoms with Crippen LogP contribution in [0.4, 0.5) is 4.39 Å². The highest BCUT2D eigenvalue weighted by Crippen LogP contribution is 2.26. The van der Waals surface area contributed by atoms with Gasteiger partial charge in [0.25, 0.3) is 0 Å². The molecule has 0 unspecified atom stereocenters. The van der Waals surface area contributed by atoms with Crippen LogP contribution in [0.15, 0.2) is 54.7 Å². The Bertz CT molecular complexity index is 972. The van der Waals surface area contributed by atoms with Gasteiger partial charge in [-0.25, -0.2) is 4.39 Å². The van der Waals surface area contributed by atoms with Crippen molar-refractivity contribution in [2.75, 3.05) is 6.54 Å². The first-order valence-corrected chi connectivity index (χ1v) is 9.98. The third kappa shape index (κ3) is 4.00. The summed E-state index contributed by atoms with van der Waals surface area (Å²) in [4.78, 5) is 0. The van der Waals surface area contributed by atoms with E-state index in [0.717, 1.165) is 30.0 Å². The van der Waals surface area contributed by atoms with E-state index in [9.17, 15) is 4.39 Å². The molecule has 0 spiro atoms. The number of hydrogen-bond donors (Lipinski definition) is 1. The highest BCUT2D eigenvalue weighted by Gasteiger charge is 2.17. The van der Waals surface area contributed by atoms with Crippen molar-refractivity contribution in [2.45, 2.75) is 31.8 Å². The van der Waals surface area contributed by atoms with E-state index < -0.39 is 0 Å². The van der Waals surface area contributed by atoms with E-state index in [4.69, 9.17) is 23.8 Å². The fourth-order valence-electron chi connectivity index (χ4n) is 3.32. The number of aromatic nitrogens is 2. The Kier molecular flexibility index (Phi) is 5.43. The molecular weight excluding hydrogens is 381 g/mol. The molecule has 3 nitrogen and oxygen atoms in total. The summed E-state index contributed by atoms with van der Waals surface area (Å²) in [6.45, 7) is 1.68. The largest absolute Gasteiger partial charge is 0.322 e. The van der Waals surface area contributed by atoms with Crippen LogP contribution in [-0.4, -0.2) is 21.7 Å². The van der Waals surface area contributed by atoms with E-state index >= 15 is 0 Å². The van der Waals surface area contributed by atoms with Crippen molar-refractivity contribution in [3.05, 3.63) is 70.3 Å². The SMILES string of the molecule is Fc1ccc(-c2cn(CCNC3CCC3)c(=S)n2-c2ccc(Cl)cc2)cc1. The van der Waals surface area contributed by atoms with E-state index in [1.165, 1.54) is 31.4 Å². The molecule has 1 heterocycles. The Morgan fingerprint density at radius 3 is 2.41 bits per heavy atom. The molecule has 0 atom stereocenters. The Hall–Kier alpha value is -1.95. The predicted molar refractivity (Wildman–Crippen MR) is 111 cm³/mol.